The second-order valence-corrected chi connectivity index (χ2v) is 4.53. The number of rotatable bonds is 5. The predicted octanol–water partition coefficient (Wildman–Crippen LogP) is 0.196. The van der Waals surface area contributed by atoms with Crippen LogP contribution >= 0.6 is 0 Å². The lowest BCUT2D eigenvalue weighted by molar-refractivity contribution is -0.127. The molecule has 0 aliphatic carbocycles. The number of nitrogens with zero attached hydrogens (tertiary/aromatic N) is 1. The smallest absolute Gasteiger partial charge is 0.240 e. The lowest BCUT2D eigenvalue weighted by atomic mass is 9.93. The molecule has 0 aromatic heterocycles. The van der Waals surface area contributed by atoms with Crippen LogP contribution in [0.5, 0.6) is 0 Å². The third-order valence-electron chi connectivity index (χ3n) is 3.13. The Balaban J connectivity index is 2.37. The molecule has 0 spiro atoms. The summed E-state index contributed by atoms with van der Waals surface area (Å²) in [5.41, 5.74) is -0.285. The number of nitrogens with one attached hydrogen (secondary N) is 2. The van der Waals surface area contributed by atoms with Crippen LogP contribution in [0.15, 0.2) is 0 Å². The van der Waals surface area contributed by atoms with Crippen LogP contribution in [0.2, 0.25) is 0 Å². The fraction of sp³-hybridized carbons (Fsp3) is 0.909. The van der Waals surface area contributed by atoms with Crippen molar-refractivity contribution in [2.24, 2.45) is 0 Å². The molecule has 88 valence electrons. The molecule has 15 heavy (non-hydrogen) atoms. The Kier molecular flexibility index (Phi) is 4.54. The van der Waals surface area contributed by atoms with Crippen molar-refractivity contribution in [1.29, 1.82) is 0 Å². The number of carbonyl (C=O) groups excluding carboxylic acids is 1. The third-order valence-corrected chi connectivity index (χ3v) is 3.13. The molecule has 1 aliphatic heterocycles. The first-order valence-corrected chi connectivity index (χ1v) is 5.79. The Hall–Kier alpha value is -0.610. The van der Waals surface area contributed by atoms with Crippen LogP contribution in [0, 0.1) is 0 Å². The molecule has 1 amide bonds. The van der Waals surface area contributed by atoms with Gasteiger partial charge in [-0.15, -0.1) is 0 Å². The van der Waals surface area contributed by atoms with Crippen molar-refractivity contribution in [2.75, 3.05) is 33.7 Å². The van der Waals surface area contributed by atoms with E-state index < -0.39 is 0 Å². The van der Waals surface area contributed by atoms with E-state index in [1.54, 1.807) is 0 Å². The van der Waals surface area contributed by atoms with Crippen LogP contribution in [-0.4, -0.2) is 50.1 Å². The summed E-state index contributed by atoms with van der Waals surface area (Å²) >= 11 is 0. The number of likely N-dealkylation sites (N-methyl/N-ethyl adjacent to an activating group) is 1. The normalized spacial score (nSPS) is 25.9. The third kappa shape index (κ3) is 3.18. The Morgan fingerprint density at radius 1 is 1.53 bits per heavy atom. The molecule has 1 fully saturated rings. The zero-order chi connectivity index (χ0) is 11.3. The maximum atomic E-state index is 12.0. The Labute approximate surface area is 92.4 Å². The molecule has 4 heteroatoms. The summed E-state index contributed by atoms with van der Waals surface area (Å²) < 4.78 is 0. The summed E-state index contributed by atoms with van der Waals surface area (Å²) in [7, 11) is 4.02. The quantitative estimate of drug-likeness (QED) is 0.685. The highest BCUT2D eigenvalue weighted by Gasteiger charge is 2.38. The van der Waals surface area contributed by atoms with Gasteiger partial charge in [-0.05, 0) is 39.9 Å². The van der Waals surface area contributed by atoms with Crippen molar-refractivity contribution < 1.29 is 4.79 Å². The van der Waals surface area contributed by atoms with E-state index in [-0.39, 0.29) is 11.4 Å². The van der Waals surface area contributed by atoms with Crippen molar-refractivity contribution in [2.45, 2.75) is 31.7 Å². The van der Waals surface area contributed by atoms with Gasteiger partial charge in [0.25, 0.3) is 0 Å². The van der Waals surface area contributed by atoms with Crippen molar-refractivity contribution in [3.63, 3.8) is 0 Å². The van der Waals surface area contributed by atoms with Crippen molar-refractivity contribution >= 4 is 5.91 Å². The summed E-state index contributed by atoms with van der Waals surface area (Å²) in [5.74, 6) is 0.171. The predicted molar refractivity (Wildman–Crippen MR) is 61.8 cm³/mol. The zero-order valence-electron chi connectivity index (χ0n) is 10.1. The molecule has 0 bridgehead atoms. The zero-order valence-corrected chi connectivity index (χ0v) is 10.1. The first-order chi connectivity index (χ1) is 7.10. The summed E-state index contributed by atoms with van der Waals surface area (Å²) in [5, 5.41) is 6.34. The van der Waals surface area contributed by atoms with E-state index in [2.05, 4.69) is 22.5 Å². The van der Waals surface area contributed by atoms with Gasteiger partial charge in [-0.3, -0.25) is 4.79 Å². The first-order valence-electron chi connectivity index (χ1n) is 5.79. The lowest BCUT2D eigenvalue weighted by Gasteiger charge is -2.27. The number of hydrogen-bond donors (Lipinski definition) is 2. The first kappa shape index (κ1) is 12.5. The molecule has 0 saturated carbocycles. The van der Waals surface area contributed by atoms with E-state index in [4.69, 9.17) is 0 Å². The molecular weight excluding hydrogens is 190 g/mol. The average molecular weight is 213 g/mol. The highest BCUT2D eigenvalue weighted by Crippen LogP contribution is 2.22. The van der Waals surface area contributed by atoms with Crippen molar-refractivity contribution in [1.82, 2.24) is 15.5 Å². The van der Waals surface area contributed by atoms with Crippen LogP contribution < -0.4 is 10.6 Å². The second-order valence-electron chi connectivity index (χ2n) is 4.53. The molecule has 1 heterocycles. The minimum absolute atomic E-state index is 0.171. The molecule has 0 aromatic rings. The van der Waals surface area contributed by atoms with Gasteiger partial charge in [0, 0.05) is 13.1 Å². The molecule has 0 aromatic carbocycles. The Morgan fingerprint density at radius 3 is 2.73 bits per heavy atom. The van der Waals surface area contributed by atoms with Gasteiger partial charge in [0.1, 0.15) is 0 Å². The highest BCUT2D eigenvalue weighted by molar-refractivity contribution is 5.86. The van der Waals surface area contributed by atoms with Gasteiger partial charge >= 0.3 is 0 Å². The van der Waals surface area contributed by atoms with Gasteiger partial charge in [-0.1, -0.05) is 6.92 Å². The molecular formula is C11H23N3O. The monoisotopic (exact) mass is 213 g/mol. The van der Waals surface area contributed by atoms with E-state index in [9.17, 15) is 4.79 Å². The van der Waals surface area contributed by atoms with Crippen LogP contribution in [0.25, 0.3) is 0 Å². The second kappa shape index (κ2) is 5.47. The van der Waals surface area contributed by atoms with Crippen molar-refractivity contribution in [3.05, 3.63) is 0 Å². The molecule has 4 nitrogen and oxygen atoms in total. The van der Waals surface area contributed by atoms with Gasteiger partial charge in [-0.2, -0.15) is 0 Å². The van der Waals surface area contributed by atoms with Crippen LogP contribution in [0.4, 0.5) is 0 Å². The number of amides is 1. The highest BCUT2D eigenvalue weighted by atomic mass is 16.2. The van der Waals surface area contributed by atoms with Crippen LogP contribution in [0.1, 0.15) is 26.2 Å². The fourth-order valence-electron chi connectivity index (χ4n) is 2.02. The van der Waals surface area contributed by atoms with Gasteiger partial charge in [0.15, 0.2) is 0 Å². The topological polar surface area (TPSA) is 44.4 Å². The minimum Gasteiger partial charge on any atom is -0.353 e. The average Bonchev–Trinajstić information content (AvgIpc) is 2.66. The maximum absolute atomic E-state index is 12.0. The van der Waals surface area contributed by atoms with Crippen LogP contribution in [-0.2, 0) is 4.79 Å². The SMILES string of the molecule is CCC1(C(=O)NCCN(C)C)CCCN1. The molecule has 1 unspecified atom stereocenters. The van der Waals surface area contributed by atoms with Crippen LogP contribution in [0.3, 0.4) is 0 Å². The molecule has 1 aliphatic rings. The molecule has 1 rings (SSSR count). The molecule has 1 atom stereocenters. The minimum atomic E-state index is -0.285. The van der Waals surface area contributed by atoms with E-state index in [1.807, 2.05) is 14.1 Å². The largest absolute Gasteiger partial charge is 0.353 e. The van der Waals surface area contributed by atoms with Gasteiger partial charge in [-0.25, -0.2) is 0 Å². The summed E-state index contributed by atoms with van der Waals surface area (Å²) in [6.07, 6.45) is 2.95. The number of hydrogen-bond acceptors (Lipinski definition) is 3. The Bertz CT molecular complexity index is 210. The summed E-state index contributed by atoms with van der Waals surface area (Å²) in [4.78, 5) is 14.1. The maximum Gasteiger partial charge on any atom is 0.240 e. The van der Waals surface area contributed by atoms with E-state index in [1.165, 1.54) is 0 Å². The lowest BCUT2D eigenvalue weighted by Crippen LogP contribution is -2.53. The van der Waals surface area contributed by atoms with Gasteiger partial charge < -0.3 is 15.5 Å². The fourth-order valence-corrected chi connectivity index (χ4v) is 2.02. The van der Waals surface area contributed by atoms with E-state index in [0.717, 1.165) is 38.9 Å². The van der Waals surface area contributed by atoms with E-state index >= 15 is 0 Å². The molecule has 2 N–H and O–H groups in total. The standard InChI is InChI=1S/C11H23N3O/c1-4-11(6-5-7-13-11)10(15)12-8-9-14(2)3/h13H,4-9H2,1-3H3,(H,12,15). The van der Waals surface area contributed by atoms with E-state index in [0.29, 0.717) is 0 Å². The van der Waals surface area contributed by atoms with Gasteiger partial charge in [0.2, 0.25) is 5.91 Å². The van der Waals surface area contributed by atoms with Gasteiger partial charge in [0.05, 0.1) is 5.54 Å². The summed E-state index contributed by atoms with van der Waals surface area (Å²) in [6.45, 7) is 4.67. The molecule has 1 saturated heterocycles. The molecule has 0 radical (unpaired) electrons. The number of carbonyl (C=O) groups is 1. The Morgan fingerprint density at radius 2 is 2.27 bits per heavy atom. The summed E-state index contributed by atoms with van der Waals surface area (Å²) in [6, 6.07) is 0. The van der Waals surface area contributed by atoms with Crippen molar-refractivity contribution in [3.8, 4) is 0 Å².